The summed E-state index contributed by atoms with van der Waals surface area (Å²) in [5, 5.41) is 0. The maximum Gasteiger partial charge on any atom is 0.416 e. The van der Waals surface area contributed by atoms with E-state index in [2.05, 4.69) is 4.90 Å². The van der Waals surface area contributed by atoms with Gasteiger partial charge in [0, 0.05) is 6.54 Å². The highest BCUT2D eigenvalue weighted by Gasteiger charge is 2.30. The number of hydrogen-bond acceptors (Lipinski definition) is 2. The summed E-state index contributed by atoms with van der Waals surface area (Å²) in [6.07, 6.45) is 1.93. The van der Waals surface area contributed by atoms with E-state index >= 15 is 0 Å². The van der Waals surface area contributed by atoms with Gasteiger partial charge in [-0.1, -0.05) is 25.3 Å². The van der Waals surface area contributed by atoms with Crippen LogP contribution in [-0.4, -0.2) is 31.1 Å². The van der Waals surface area contributed by atoms with Gasteiger partial charge >= 0.3 is 6.18 Å². The Hall–Kier alpha value is -1.23. The van der Waals surface area contributed by atoms with E-state index in [4.69, 9.17) is 4.74 Å². The molecule has 1 aromatic carbocycles. The first-order chi connectivity index (χ1) is 10.1. The minimum Gasteiger partial charge on any atom is -0.492 e. The Morgan fingerprint density at radius 3 is 2.33 bits per heavy atom. The van der Waals surface area contributed by atoms with Crippen LogP contribution in [0.3, 0.4) is 0 Å². The smallest absolute Gasteiger partial charge is 0.416 e. The Morgan fingerprint density at radius 2 is 1.67 bits per heavy atom. The van der Waals surface area contributed by atoms with Gasteiger partial charge in [-0.05, 0) is 44.1 Å². The van der Waals surface area contributed by atoms with Crippen molar-refractivity contribution in [2.45, 2.75) is 38.3 Å². The highest BCUT2D eigenvalue weighted by Crippen LogP contribution is 2.31. The molecular weight excluding hydrogens is 279 g/mol. The average Bonchev–Trinajstić information content (AvgIpc) is 2.40. The van der Waals surface area contributed by atoms with Crippen LogP contribution in [-0.2, 0) is 6.18 Å². The highest BCUT2D eigenvalue weighted by molar-refractivity contribution is 5.30. The molecule has 1 heterocycles. The van der Waals surface area contributed by atoms with Crippen molar-refractivity contribution in [2.24, 2.45) is 0 Å². The average molecular weight is 301 g/mol. The van der Waals surface area contributed by atoms with Crippen LogP contribution in [0.15, 0.2) is 24.3 Å². The van der Waals surface area contributed by atoms with Crippen molar-refractivity contribution in [1.82, 2.24) is 4.90 Å². The summed E-state index contributed by atoms with van der Waals surface area (Å²) in [7, 11) is 0. The predicted molar refractivity (Wildman–Crippen MR) is 76.5 cm³/mol. The van der Waals surface area contributed by atoms with Crippen LogP contribution in [0.4, 0.5) is 13.2 Å². The molecule has 2 rings (SSSR count). The number of rotatable bonds is 4. The molecule has 0 spiro atoms. The van der Waals surface area contributed by atoms with Gasteiger partial charge in [0.15, 0.2) is 0 Å². The second-order valence-electron chi connectivity index (χ2n) is 5.48. The summed E-state index contributed by atoms with van der Waals surface area (Å²) in [4.78, 5) is 2.34. The molecule has 0 N–H and O–H groups in total. The van der Waals surface area contributed by atoms with Gasteiger partial charge < -0.3 is 4.74 Å². The van der Waals surface area contributed by atoms with Crippen molar-refractivity contribution in [3.05, 3.63) is 29.8 Å². The Balaban J connectivity index is 1.80. The maximum absolute atomic E-state index is 12.6. The fourth-order valence-corrected chi connectivity index (χ4v) is 2.59. The summed E-state index contributed by atoms with van der Waals surface area (Å²) >= 11 is 0. The molecule has 2 nitrogen and oxygen atoms in total. The lowest BCUT2D eigenvalue weighted by Gasteiger charge is -2.24. The van der Waals surface area contributed by atoms with Gasteiger partial charge in [-0.25, -0.2) is 0 Å². The Bertz CT molecular complexity index is 426. The monoisotopic (exact) mass is 301 g/mol. The van der Waals surface area contributed by atoms with Crippen molar-refractivity contribution in [1.29, 1.82) is 0 Å². The van der Waals surface area contributed by atoms with Gasteiger partial charge in [-0.15, -0.1) is 0 Å². The molecule has 0 unspecified atom stereocenters. The Kier molecular flexibility index (Phi) is 5.91. The molecule has 21 heavy (non-hydrogen) atoms. The molecule has 0 saturated carbocycles. The third-order valence-electron chi connectivity index (χ3n) is 3.79. The molecule has 1 aliphatic rings. The fraction of sp³-hybridized carbons (Fsp3) is 0.625. The van der Waals surface area contributed by atoms with E-state index < -0.39 is 11.7 Å². The minimum absolute atomic E-state index is 0.289. The van der Waals surface area contributed by atoms with Crippen LogP contribution in [0, 0.1) is 0 Å². The van der Waals surface area contributed by atoms with Crippen LogP contribution in [0.2, 0.25) is 0 Å². The lowest BCUT2D eigenvalue weighted by Crippen LogP contribution is -2.31. The summed E-state index contributed by atoms with van der Waals surface area (Å²) in [6.45, 7) is 3.33. The highest BCUT2D eigenvalue weighted by atomic mass is 19.4. The van der Waals surface area contributed by atoms with E-state index in [1.165, 1.54) is 38.2 Å². The lowest BCUT2D eigenvalue weighted by molar-refractivity contribution is -0.137. The molecular formula is C16H22F3NO. The third-order valence-corrected chi connectivity index (χ3v) is 3.79. The Labute approximate surface area is 123 Å². The van der Waals surface area contributed by atoms with E-state index in [9.17, 15) is 13.2 Å². The van der Waals surface area contributed by atoms with E-state index in [-0.39, 0.29) is 5.75 Å². The molecule has 0 radical (unpaired) electrons. The summed E-state index contributed by atoms with van der Waals surface area (Å²) in [5.41, 5.74) is -0.661. The maximum atomic E-state index is 12.6. The molecule has 1 aliphatic heterocycles. The molecule has 1 saturated heterocycles. The number of hydrogen-bond donors (Lipinski definition) is 0. The normalized spacial score (nSPS) is 18.0. The molecule has 1 aromatic rings. The van der Waals surface area contributed by atoms with Crippen molar-refractivity contribution < 1.29 is 17.9 Å². The summed E-state index contributed by atoms with van der Waals surface area (Å²) < 4.78 is 43.3. The van der Waals surface area contributed by atoms with Crippen molar-refractivity contribution >= 4 is 0 Å². The van der Waals surface area contributed by atoms with Gasteiger partial charge in [0.25, 0.3) is 0 Å². The summed E-state index contributed by atoms with van der Waals surface area (Å²) in [5.74, 6) is 0.289. The predicted octanol–water partition coefficient (Wildman–Crippen LogP) is 4.35. The van der Waals surface area contributed by atoms with E-state index in [1.54, 1.807) is 6.07 Å². The molecule has 0 atom stereocenters. The van der Waals surface area contributed by atoms with Crippen molar-refractivity contribution in [2.75, 3.05) is 26.2 Å². The summed E-state index contributed by atoms with van der Waals surface area (Å²) in [6, 6.07) is 5.08. The number of nitrogens with zero attached hydrogens (tertiary/aromatic N) is 1. The van der Waals surface area contributed by atoms with Gasteiger partial charge in [0.05, 0.1) is 5.56 Å². The lowest BCUT2D eigenvalue weighted by atomic mass is 10.1. The largest absolute Gasteiger partial charge is 0.492 e. The van der Waals surface area contributed by atoms with Crippen molar-refractivity contribution in [3.8, 4) is 5.75 Å². The first-order valence-corrected chi connectivity index (χ1v) is 7.58. The molecule has 1 fully saturated rings. The SMILES string of the molecule is FC(F)(F)c1cccc(OCCN2CCCCCCC2)c1. The van der Waals surface area contributed by atoms with Gasteiger partial charge in [-0.3, -0.25) is 4.90 Å². The zero-order chi connectivity index (χ0) is 15.1. The van der Waals surface area contributed by atoms with Crippen LogP contribution >= 0.6 is 0 Å². The number of likely N-dealkylation sites (tertiary alicyclic amines) is 1. The molecule has 0 aliphatic carbocycles. The quantitative estimate of drug-likeness (QED) is 0.819. The number of halogens is 3. The molecule has 5 heteroatoms. The second kappa shape index (κ2) is 7.69. The van der Waals surface area contributed by atoms with E-state index in [1.807, 2.05) is 0 Å². The molecule has 0 amide bonds. The first kappa shape index (κ1) is 16.1. The van der Waals surface area contributed by atoms with E-state index in [0.717, 1.165) is 31.8 Å². The minimum atomic E-state index is -4.32. The van der Waals surface area contributed by atoms with Crippen molar-refractivity contribution in [3.63, 3.8) is 0 Å². The zero-order valence-corrected chi connectivity index (χ0v) is 12.2. The van der Waals surface area contributed by atoms with Gasteiger partial charge in [0.1, 0.15) is 12.4 Å². The number of ether oxygens (including phenoxy) is 1. The third kappa shape index (κ3) is 5.58. The van der Waals surface area contributed by atoms with Crippen LogP contribution in [0.1, 0.15) is 37.7 Å². The van der Waals surface area contributed by atoms with Crippen LogP contribution in [0.5, 0.6) is 5.75 Å². The van der Waals surface area contributed by atoms with Gasteiger partial charge in [-0.2, -0.15) is 13.2 Å². The molecule has 0 bridgehead atoms. The molecule has 118 valence electrons. The fourth-order valence-electron chi connectivity index (χ4n) is 2.59. The van der Waals surface area contributed by atoms with Crippen LogP contribution in [0.25, 0.3) is 0 Å². The molecule has 0 aromatic heterocycles. The first-order valence-electron chi connectivity index (χ1n) is 7.58. The zero-order valence-electron chi connectivity index (χ0n) is 12.2. The standard InChI is InChI=1S/C16H22F3NO/c17-16(18,19)14-7-6-8-15(13-14)21-12-11-20-9-4-2-1-3-5-10-20/h6-8,13H,1-5,9-12H2. The topological polar surface area (TPSA) is 12.5 Å². The number of alkyl halides is 3. The Morgan fingerprint density at radius 1 is 1.00 bits per heavy atom. The van der Waals surface area contributed by atoms with E-state index in [0.29, 0.717) is 6.61 Å². The van der Waals surface area contributed by atoms with Crippen LogP contribution < -0.4 is 4.74 Å². The van der Waals surface area contributed by atoms with Gasteiger partial charge in [0.2, 0.25) is 0 Å². The second-order valence-corrected chi connectivity index (χ2v) is 5.48. The number of benzene rings is 1.